The van der Waals surface area contributed by atoms with E-state index in [9.17, 15) is 0 Å². The molecule has 0 atom stereocenters. The molecule has 0 aliphatic carbocycles. The molecule has 0 saturated heterocycles. The fourth-order valence-electron chi connectivity index (χ4n) is 3.57. The van der Waals surface area contributed by atoms with Crippen LogP contribution >= 0.6 is 0 Å². The Morgan fingerprint density at radius 2 is 1.54 bits per heavy atom. The van der Waals surface area contributed by atoms with Crippen molar-refractivity contribution in [1.82, 2.24) is 9.38 Å². The number of imidazole rings is 1. The molecule has 2 aromatic heterocycles. The maximum atomic E-state index is 4.88. The normalized spacial score (nSPS) is 12.2. The van der Waals surface area contributed by atoms with Gasteiger partial charge in [0.1, 0.15) is 0 Å². The van der Waals surface area contributed by atoms with Gasteiger partial charge >= 0.3 is 159 Å². The Bertz CT molecular complexity index is 596. The van der Waals surface area contributed by atoms with Crippen molar-refractivity contribution >= 4 is 30.4 Å². The van der Waals surface area contributed by atoms with Crippen LogP contribution in [0.5, 0.6) is 0 Å². The number of hydrogen-bond donors (Lipinski definition) is 0. The Labute approximate surface area is 158 Å². The van der Waals surface area contributed by atoms with Crippen LogP contribution in [-0.4, -0.2) is 30.5 Å². The van der Waals surface area contributed by atoms with Gasteiger partial charge in [0, 0.05) is 0 Å². The average Bonchev–Trinajstić information content (AvgIpc) is 2.97. The summed E-state index contributed by atoms with van der Waals surface area (Å²) in [6.07, 6.45) is 16.7. The van der Waals surface area contributed by atoms with Gasteiger partial charge in [0.15, 0.2) is 0 Å². The molecule has 0 aromatic carbocycles. The number of aromatic nitrogens is 2. The molecule has 2 aromatic rings. The van der Waals surface area contributed by atoms with E-state index in [1.54, 1.807) is 0 Å². The molecule has 0 bridgehead atoms. The van der Waals surface area contributed by atoms with Crippen molar-refractivity contribution in [1.29, 1.82) is 0 Å². The third-order valence-corrected chi connectivity index (χ3v) is 10.5. The van der Waals surface area contributed by atoms with Gasteiger partial charge in [-0.2, -0.15) is 0 Å². The zero-order chi connectivity index (χ0) is 17.4. The zero-order valence-corrected chi connectivity index (χ0v) is 18.9. The summed E-state index contributed by atoms with van der Waals surface area (Å²) in [6, 6.07) is 4.54. The van der Waals surface area contributed by atoms with Crippen LogP contribution in [0.15, 0.2) is 24.7 Å². The monoisotopic (exact) mass is 434 g/mol. The van der Waals surface area contributed by atoms with Gasteiger partial charge in [-0.15, -0.1) is 0 Å². The second-order valence-electron chi connectivity index (χ2n) is 7.31. The summed E-state index contributed by atoms with van der Waals surface area (Å²) >= 11 is -0.733. The van der Waals surface area contributed by atoms with Crippen LogP contribution in [0.3, 0.4) is 0 Å². The van der Waals surface area contributed by atoms with Crippen molar-refractivity contribution in [3.05, 3.63) is 30.2 Å². The fraction of sp³-hybridized carbons (Fsp3) is 0.667. The Balaban J connectivity index is 2.28. The second kappa shape index (κ2) is 9.84. The van der Waals surface area contributed by atoms with Crippen molar-refractivity contribution in [2.45, 2.75) is 88.9 Å². The topological polar surface area (TPSA) is 17.3 Å². The summed E-state index contributed by atoms with van der Waals surface area (Å²) in [5, 5.41) is 0. The molecule has 0 saturated carbocycles. The minimum atomic E-state index is -0.733. The molecule has 0 spiro atoms. The fourth-order valence-corrected chi connectivity index (χ4v) is 8.91. The van der Waals surface area contributed by atoms with Gasteiger partial charge in [0.25, 0.3) is 0 Å². The van der Waals surface area contributed by atoms with Crippen LogP contribution < -0.4 is 3.71 Å². The first-order chi connectivity index (χ1) is 11.6. The van der Waals surface area contributed by atoms with Gasteiger partial charge in [0.2, 0.25) is 0 Å². The van der Waals surface area contributed by atoms with Gasteiger partial charge in [0.05, 0.1) is 0 Å². The van der Waals surface area contributed by atoms with Crippen LogP contribution in [0.25, 0.3) is 5.52 Å². The van der Waals surface area contributed by atoms with Crippen molar-refractivity contribution in [3.8, 4) is 0 Å². The standard InChI is InChI=1S/C13H27.C8H7N2.Sn/c1-4-7-10-13(11-8-5-2)12-9-6-3;1-7-2-3-8-4-9-6-10(8)5-7;/h4-12H2,1-3H3;2-3,5-6H,1H3;. The summed E-state index contributed by atoms with van der Waals surface area (Å²) in [7, 11) is 0. The van der Waals surface area contributed by atoms with Crippen LogP contribution in [0.4, 0.5) is 0 Å². The van der Waals surface area contributed by atoms with Crippen molar-refractivity contribution < 1.29 is 0 Å². The predicted molar refractivity (Wildman–Crippen MR) is 107 cm³/mol. The summed E-state index contributed by atoms with van der Waals surface area (Å²) in [5.41, 5.74) is 2.69. The van der Waals surface area contributed by atoms with E-state index in [1.807, 2.05) is 6.33 Å². The van der Waals surface area contributed by atoms with Crippen molar-refractivity contribution in [3.63, 3.8) is 0 Å². The van der Waals surface area contributed by atoms with E-state index in [4.69, 9.17) is 4.98 Å². The van der Waals surface area contributed by atoms with Gasteiger partial charge in [-0.1, -0.05) is 0 Å². The molecule has 0 N–H and O–H groups in total. The molecule has 2 radical (unpaired) electrons. The molecule has 0 amide bonds. The first kappa shape index (κ1) is 19.8. The van der Waals surface area contributed by atoms with Crippen LogP contribution in [0, 0.1) is 6.92 Å². The number of aryl methyl sites for hydroxylation is 1. The molecule has 0 aliphatic rings. The molecule has 2 heterocycles. The molecule has 0 fully saturated rings. The van der Waals surface area contributed by atoms with Crippen LogP contribution in [0.2, 0.25) is 3.43 Å². The van der Waals surface area contributed by atoms with E-state index < -0.39 is 21.1 Å². The molecule has 3 heteroatoms. The van der Waals surface area contributed by atoms with Crippen molar-refractivity contribution in [2.75, 3.05) is 0 Å². The summed E-state index contributed by atoms with van der Waals surface area (Å²) < 4.78 is 4.34. The number of pyridine rings is 1. The molecular weight excluding hydrogens is 399 g/mol. The number of rotatable bonds is 11. The van der Waals surface area contributed by atoms with E-state index in [1.165, 1.54) is 72.6 Å². The molecule has 0 aliphatic heterocycles. The number of hydrogen-bond acceptors (Lipinski definition) is 1. The maximum absolute atomic E-state index is 4.88. The summed E-state index contributed by atoms with van der Waals surface area (Å²) in [6.45, 7) is 9.17. The van der Waals surface area contributed by atoms with Crippen LogP contribution in [-0.2, 0) is 0 Å². The van der Waals surface area contributed by atoms with Gasteiger partial charge in [-0.3, -0.25) is 0 Å². The molecule has 132 valence electrons. The van der Waals surface area contributed by atoms with E-state index in [0.717, 1.165) is 0 Å². The van der Waals surface area contributed by atoms with Gasteiger partial charge in [-0.25, -0.2) is 0 Å². The third kappa shape index (κ3) is 5.24. The van der Waals surface area contributed by atoms with Gasteiger partial charge < -0.3 is 0 Å². The third-order valence-electron chi connectivity index (χ3n) is 5.09. The Morgan fingerprint density at radius 1 is 0.958 bits per heavy atom. The summed E-state index contributed by atoms with van der Waals surface area (Å²) in [4.78, 5) is 4.88. The Morgan fingerprint density at radius 3 is 2.08 bits per heavy atom. The van der Waals surface area contributed by atoms with E-state index in [-0.39, 0.29) is 0 Å². The molecule has 24 heavy (non-hydrogen) atoms. The van der Waals surface area contributed by atoms with E-state index in [0.29, 0.717) is 3.43 Å². The molecular formula is C21H34N2Sn. The van der Waals surface area contributed by atoms with Crippen molar-refractivity contribution in [2.24, 2.45) is 0 Å². The first-order valence-electron chi connectivity index (χ1n) is 9.85. The number of nitrogens with zero attached hydrogens (tertiary/aromatic N) is 2. The quantitative estimate of drug-likeness (QED) is 0.416. The average molecular weight is 433 g/mol. The first-order valence-corrected chi connectivity index (χ1v) is 12.7. The molecule has 2 rings (SSSR count). The Hall–Kier alpha value is -0.511. The van der Waals surface area contributed by atoms with E-state index in [2.05, 4.69) is 50.4 Å². The molecule has 0 unspecified atom stereocenters. The predicted octanol–water partition coefficient (Wildman–Crippen LogP) is 5.70. The van der Waals surface area contributed by atoms with Gasteiger partial charge in [-0.05, 0) is 0 Å². The zero-order valence-electron chi connectivity index (χ0n) is 16.1. The second-order valence-corrected chi connectivity index (χ2v) is 12.4. The minimum absolute atomic E-state index is 0.616. The van der Waals surface area contributed by atoms with E-state index >= 15 is 0 Å². The van der Waals surface area contributed by atoms with Crippen LogP contribution in [0.1, 0.15) is 84.1 Å². The SMILES string of the molecule is CCCC[C](CCCC)(CCCC)[Sn][c]1ncn2cc(C)ccc12. The number of fused-ring (bicyclic) bond motifs is 1. The molecule has 2 nitrogen and oxygen atoms in total. The summed E-state index contributed by atoms with van der Waals surface area (Å²) in [5.74, 6) is 0. The Kier molecular flexibility index (Phi) is 8.12. The number of unbranched alkanes of at least 4 members (excludes halogenated alkanes) is 3.